The van der Waals surface area contributed by atoms with Crippen LogP contribution in [0.15, 0.2) is 232 Å². The average molecular weight is 1960 g/mol. The first-order chi connectivity index (χ1) is 69.2. The second-order valence-corrected chi connectivity index (χ2v) is 38.2. The lowest BCUT2D eigenvalue weighted by molar-refractivity contribution is 0.0493. The number of carbonyl (C=O) groups excluding carboxylic acids is 8. The van der Waals surface area contributed by atoms with Crippen LogP contribution in [0.4, 0.5) is 17.6 Å². The van der Waals surface area contributed by atoms with E-state index in [2.05, 4.69) is 86.6 Å². The second kappa shape index (κ2) is 44.5. The molecule has 17 heterocycles. The minimum absolute atomic E-state index is 0.0837. The molecule has 5 fully saturated rings. The topological polar surface area (TPSA) is 370 Å². The number of nitrogens with zero attached hydrogens (tertiary/aromatic N) is 17. The van der Waals surface area contributed by atoms with Gasteiger partial charge in [-0.05, 0) is 265 Å². The van der Waals surface area contributed by atoms with Gasteiger partial charge in [0.15, 0.2) is 0 Å². The van der Waals surface area contributed by atoms with Gasteiger partial charge in [-0.15, -0.1) is 0 Å². The van der Waals surface area contributed by atoms with Crippen molar-refractivity contribution in [2.24, 2.45) is 5.73 Å². The molecule has 12 aromatic heterocycles. The number of aryl methyl sites for hydroxylation is 2. The summed E-state index contributed by atoms with van der Waals surface area (Å²) in [6.45, 7) is 17.9. The Labute approximate surface area is 830 Å². The number of halogens is 4. The molecule has 748 valence electrons. The van der Waals surface area contributed by atoms with E-state index in [-0.39, 0.29) is 60.5 Å². The van der Waals surface area contributed by atoms with Crippen LogP contribution in [-0.2, 0) is 0 Å². The number of nitrogens with two attached hydrogens (primary N) is 1. The normalized spacial score (nSPS) is 15.8. The van der Waals surface area contributed by atoms with Crippen LogP contribution in [0.25, 0.3) is 83.6 Å². The zero-order valence-electron chi connectivity index (χ0n) is 81.8. The molecule has 3 aromatic carbocycles. The highest BCUT2D eigenvalue weighted by molar-refractivity contribution is 6.02. The van der Waals surface area contributed by atoms with Crippen LogP contribution in [0.3, 0.4) is 0 Å². The Hall–Kier alpha value is -15.2. The van der Waals surface area contributed by atoms with Gasteiger partial charge in [0, 0.05) is 208 Å². The quantitative estimate of drug-likeness (QED) is 0.0410. The maximum atomic E-state index is 14.0. The number of fused-ring (bicyclic) bond motifs is 5. The monoisotopic (exact) mass is 1960 g/mol. The van der Waals surface area contributed by atoms with Crippen LogP contribution in [0, 0.1) is 13.8 Å². The molecule has 5 aliphatic rings. The number of aliphatic hydroxyl groups excluding tert-OH is 2. The lowest BCUT2D eigenvalue weighted by Crippen LogP contribution is -2.43. The molecule has 5 aliphatic heterocycles. The fraction of sp³-hybridized carbons (Fsp3) is 0.349. The largest absolute Gasteiger partial charge is 0.394 e. The fourth-order valence-electron chi connectivity index (χ4n) is 17.9. The summed E-state index contributed by atoms with van der Waals surface area (Å²) < 4.78 is 65.6. The van der Waals surface area contributed by atoms with Crippen molar-refractivity contribution >= 4 is 102 Å². The molecule has 35 heteroatoms. The number of likely N-dealkylation sites (tertiary alicyclic amines) is 5. The van der Waals surface area contributed by atoms with E-state index in [0.717, 1.165) is 98.3 Å². The Morgan fingerprint density at radius 1 is 0.340 bits per heavy atom. The average Bonchev–Trinajstić information content (AvgIpc) is 1.65. The first kappa shape index (κ1) is 102. The van der Waals surface area contributed by atoms with Gasteiger partial charge in [-0.1, -0.05) is 17.7 Å². The molecule has 8 amide bonds. The molecule has 0 radical (unpaired) electrons. The third-order valence-electron chi connectivity index (χ3n) is 27.0. The van der Waals surface area contributed by atoms with E-state index in [1.54, 1.807) is 145 Å². The van der Waals surface area contributed by atoms with Crippen LogP contribution >= 0.6 is 0 Å². The number of alkyl halides is 4. The van der Waals surface area contributed by atoms with Crippen molar-refractivity contribution in [3.05, 3.63) is 288 Å². The summed E-state index contributed by atoms with van der Waals surface area (Å²) in [5, 5.41) is 30.6. The number of aliphatic hydroxyl groups is 2. The van der Waals surface area contributed by atoms with Gasteiger partial charge >= 0.3 is 0 Å². The molecule has 20 rings (SSSR count). The van der Waals surface area contributed by atoms with Crippen LogP contribution in [0.1, 0.15) is 199 Å². The number of nitrogens with one attached hydrogen (secondary N) is 3. The maximum Gasteiger partial charge on any atom is 0.269 e. The van der Waals surface area contributed by atoms with Gasteiger partial charge in [0.25, 0.3) is 47.3 Å². The minimum atomic E-state index is -1.22. The van der Waals surface area contributed by atoms with Crippen LogP contribution in [0.2, 0.25) is 0 Å². The predicted octanol–water partition coefficient (Wildman–Crippen LogP) is 15.5. The van der Waals surface area contributed by atoms with Gasteiger partial charge in [0.2, 0.25) is 0 Å². The zero-order valence-corrected chi connectivity index (χ0v) is 81.8. The molecule has 0 spiro atoms. The van der Waals surface area contributed by atoms with E-state index in [1.165, 1.54) is 18.2 Å². The third kappa shape index (κ3) is 24.2. The smallest absolute Gasteiger partial charge is 0.269 e. The van der Waals surface area contributed by atoms with E-state index >= 15 is 0 Å². The molecule has 0 bridgehead atoms. The summed E-state index contributed by atoms with van der Waals surface area (Å²) in [5.74, 6) is -1.14. The fourth-order valence-corrected chi connectivity index (χ4v) is 17.9. The molecular weight excluding hydrogens is 1840 g/mol. The summed E-state index contributed by atoms with van der Waals surface area (Å²) in [4.78, 5) is 140. The summed E-state index contributed by atoms with van der Waals surface area (Å²) in [6.07, 6.45) is 27.2. The number of carbonyl (C=O) groups is 8. The Morgan fingerprint density at radius 2 is 0.632 bits per heavy atom. The first-order valence-corrected chi connectivity index (χ1v) is 48.8. The Bertz CT molecular complexity index is 7110. The zero-order chi connectivity index (χ0) is 102. The van der Waals surface area contributed by atoms with Crippen molar-refractivity contribution in [1.82, 2.24) is 98.2 Å². The lowest BCUT2D eigenvalue weighted by Gasteiger charge is -2.34. The number of hydrogen-bond acceptors (Lipinski definition) is 18. The number of pyridine rings is 7. The highest BCUT2D eigenvalue weighted by Crippen LogP contribution is 2.35. The van der Waals surface area contributed by atoms with Crippen LogP contribution in [0.5, 0.6) is 0 Å². The van der Waals surface area contributed by atoms with Gasteiger partial charge in [-0.3, -0.25) is 52.5 Å². The molecule has 0 atom stereocenters. The van der Waals surface area contributed by atoms with Crippen molar-refractivity contribution < 1.29 is 66.1 Å². The SMILES string of the molecule is CC1(F)CCN(C(=O)c2cnc3c(ccn3-c3ccc(C(=O)NC(CO)CO)cc3)c2)CC1.CC1(F)CCN(C(=O)c2cnc3c(ccn3-c3ccc(C(=O)NCCN)cc3)c2)CC1.CCNC(=O)c1ccc(-n2ccc3cc(C(=O)N4CCC(C)(F)CC4)cnc32)cn1.Cc1ccc(-n2ccc3cc(C(=O)N4CCC(C)(F)CC4)cnc32)cn1.Cc1ccc(-n2ccc3cc(C(=O)N4CCCCC4)cnc32)cc1. The van der Waals surface area contributed by atoms with Gasteiger partial charge in [0.1, 0.15) is 56.6 Å². The van der Waals surface area contributed by atoms with Crippen molar-refractivity contribution in [1.29, 1.82) is 0 Å². The summed E-state index contributed by atoms with van der Waals surface area (Å²) in [7, 11) is 0. The Morgan fingerprint density at radius 3 is 0.924 bits per heavy atom. The van der Waals surface area contributed by atoms with Gasteiger partial charge < -0.3 is 70.1 Å². The number of rotatable bonds is 19. The van der Waals surface area contributed by atoms with Crippen molar-refractivity contribution in [2.75, 3.05) is 98.3 Å². The summed E-state index contributed by atoms with van der Waals surface area (Å²) in [5.41, 5.74) is 15.0. The van der Waals surface area contributed by atoms with E-state index < -0.39 is 28.7 Å². The van der Waals surface area contributed by atoms with E-state index in [9.17, 15) is 55.9 Å². The van der Waals surface area contributed by atoms with Crippen LogP contribution in [-0.4, -0.2) is 267 Å². The van der Waals surface area contributed by atoms with E-state index in [4.69, 9.17) is 15.9 Å². The molecule has 7 N–H and O–H groups in total. The number of aromatic nitrogens is 12. The second-order valence-electron chi connectivity index (χ2n) is 38.2. The summed E-state index contributed by atoms with van der Waals surface area (Å²) >= 11 is 0. The first-order valence-electron chi connectivity index (χ1n) is 48.8. The number of hydrogen-bond donors (Lipinski definition) is 6. The molecule has 31 nitrogen and oxygen atoms in total. The minimum Gasteiger partial charge on any atom is -0.394 e. The van der Waals surface area contributed by atoms with Gasteiger partial charge in [-0.2, -0.15) is 0 Å². The van der Waals surface area contributed by atoms with E-state index in [1.807, 2.05) is 141 Å². The van der Waals surface area contributed by atoms with Gasteiger partial charge in [-0.25, -0.2) is 47.5 Å². The third-order valence-corrected chi connectivity index (χ3v) is 27.0. The molecule has 144 heavy (non-hydrogen) atoms. The maximum absolute atomic E-state index is 14.0. The van der Waals surface area contributed by atoms with Crippen molar-refractivity contribution in [3.63, 3.8) is 0 Å². The van der Waals surface area contributed by atoms with E-state index in [0.29, 0.717) is 185 Å². The Balaban J connectivity index is 0.000000130. The van der Waals surface area contributed by atoms with Crippen LogP contribution < -0.4 is 21.7 Å². The van der Waals surface area contributed by atoms with Crippen molar-refractivity contribution in [2.45, 2.75) is 148 Å². The molecule has 5 saturated heterocycles. The highest BCUT2D eigenvalue weighted by Gasteiger charge is 2.37. The Kier molecular flexibility index (Phi) is 31.4. The molecule has 0 saturated carbocycles. The van der Waals surface area contributed by atoms with Gasteiger partial charge in [0.05, 0.1) is 70.8 Å². The number of amides is 8. The number of benzene rings is 3. The predicted molar refractivity (Wildman–Crippen MR) is 544 cm³/mol. The summed E-state index contributed by atoms with van der Waals surface area (Å²) in [6, 6.07) is 47.9. The molecule has 0 unspecified atom stereocenters. The number of piperidine rings is 5. The highest BCUT2D eigenvalue weighted by atomic mass is 19.2. The standard InChI is InChI=1S/C24H27FN4O4.C23H26FN5O2.C22H24FN5O2.C20H21FN4O.C20H21N3O/c1-24(25)7-10-28(11-8-24)23(33)18-12-17-6-9-29(21(17)26-13-18)20-4-2-16(3-5-20)22(32)27-19(14-30)15-31;1-23(24)7-12-28(13-8-23)22(31)18-14-17-6-11-29(20(17)27-15-18)19-4-2-16(3-5-19)21(30)26-10-9-25;1-3-24-20(29)18-5-4-17(14-25-18)28-9-6-15-12-16(13-26-19(15)28)21(30)27-10-7-22(2,23)8-11-27;1-14-3-4-17(13-22-14)25-8-5-15-11-16(12-23-18(15)25)19(26)24-9-6-20(2,21)7-10-24;1-15-5-7-18(8-6-15)23-12-9-16-13-17(14-21-19(16)23)20(24)22-10-3-2-4-11-22/h2-6,9,12-13,19,30-31H,7-8,10-11,14-15H2,1H3,(H,27,32);2-6,11,14-15H,7-10,12-13,25H2,1H3,(H,26,30);4-6,9,12-14H,3,7-8,10-11H2,1-2H3,(H,24,29);3-5,8,11-13H,6-7,9-10H2,1-2H3;5-9,12-14H,2-4,10-11H2,1H3. The molecule has 15 aromatic rings. The lowest BCUT2D eigenvalue weighted by atomic mass is 9.95. The molecular formula is C109H119F4N21O10. The van der Waals surface area contributed by atoms with Crippen molar-refractivity contribution in [3.8, 4) is 28.4 Å². The molecule has 0 aliphatic carbocycles.